The van der Waals surface area contributed by atoms with Crippen molar-refractivity contribution in [3.05, 3.63) is 66.5 Å². The summed E-state index contributed by atoms with van der Waals surface area (Å²) in [5, 5.41) is 1.62. The van der Waals surface area contributed by atoms with Crippen LogP contribution in [0, 0.1) is 23.6 Å². The van der Waals surface area contributed by atoms with Gasteiger partial charge < -0.3 is 4.74 Å². The van der Waals surface area contributed by atoms with Crippen LogP contribution in [0.3, 0.4) is 0 Å². The highest BCUT2D eigenvalue weighted by Gasteiger charge is 2.31. The first kappa shape index (κ1) is 23.1. The third-order valence-electron chi connectivity index (χ3n) is 8.08. The number of benzene rings is 2. The van der Waals surface area contributed by atoms with E-state index in [1.165, 1.54) is 69.8 Å². The van der Waals surface area contributed by atoms with Gasteiger partial charge in [0.05, 0.1) is 0 Å². The average Bonchev–Trinajstić information content (AvgIpc) is 2.84. The lowest BCUT2D eigenvalue weighted by Crippen LogP contribution is -2.25. The molecule has 0 bridgehead atoms. The van der Waals surface area contributed by atoms with Crippen molar-refractivity contribution in [1.82, 2.24) is 0 Å². The third-order valence-corrected chi connectivity index (χ3v) is 8.08. The second kappa shape index (κ2) is 11.2. The van der Waals surface area contributed by atoms with Crippen molar-refractivity contribution < 1.29 is 9.13 Å². The molecule has 2 fully saturated rings. The van der Waals surface area contributed by atoms with Crippen molar-refractivity contribution in [2.45, 2.75) is 77.0 Å². The highest BCUT2D eigenvalue weighted by molar-refractivity contribution is 5.85. The fourth-order valence-electron chi connectivity index (χ4n) is 6.18. The highest BCUT2D eigenvalue weighted by atomic mass is 19.1. The van der Waals surface area contributed by atoms with Crippen LogP contribution in [-0.4, -0.2) is 6.61 Å². The smallest absolute Gasteiger partial charge is 0.172 e. The van der Waals surface area contributed by atoms with E-state index in [4.69, 9.17) is 4.74 Å². The summed E-state index contributed by atoms with van der Waals surface area (Å²) in [5.41, 5.74) is 1.38. The van der Waals surface area contributed by atoms with Crippen LogP contribution in [0.4, 0.5) is 4.39 Å². The first-order valence-electron chi connectivity index (χ1n) is 12.8. The second-order valence-corrected chi connectivity index (χ2v) is 10.00. The van der Waals surface area contributed by atoms with Gasteiger partial charge in [-0.15, -0.1) is 0 Å². The zero-order chi connectivity index (χ0) is 22.3. The Morgan fingerprint density at radius 1 is 0.969 bits per heavy atom. The minimum atomic E-state index is -0.263. The van der Waals surface area contributed by atoms with Crippen molar-refractivity contribution >= 4 is 10.8 Å². The lowest BCUT2D eigenvalue weighted by atomic mass is 9.68. The summed E-state index contributed by atoms with van der Waals surface area (Å²) in [4.78, 5) is 0. The molecule has 2 heteroatoms. The molecule has 1 nitrogen and oxygen atoms in total. The maximum absolute atomic E-state index is 14.8. The first-order valence-corrected chi connectivity index (χ1v) is 12.8. The number of hydrogen-bond donors (Lipinski definition) is 0. The van der Waals surface area contributed by atoms with Gasteiger partial charge in [0.2, 0.25) is 0 Å². The summed E-state index contributed by atoms with van der Waals surface area (Å²) in [6, 6.07) is 10.0. The van der Waals surface area contributed by atoms with Crippen LogP contribution < -0.4 is 4.74 Å². The SMILES string of the molecule is C=CCOc1ccc2cc(C3CCC(C4CCC(CC/C=C/C)CC4)CC3)ccc2c1F. The monoisotopic (exact) mass is 434 g/mol. The van der Waals surface area contributed by atoms with Gasteiger partial charge in [0.1, 0.15) is 6.61 Å². The summed E-state index contributed by atoms with van der Waals surface area (Å²) < 4.78 is 20.2. The van der Waals surface area contributed by atoms with Gasteiger partial charge >= 0.3 is 0 Å². The van der Waals surface area contributed by atoms with E-state index in [0.717, 1.165) is 23.1 Å². The lowest BCUT2D eigenvalue weighted by molar-refractivity contribution is 0.157. The van der Waals surface area contributed by atoms with Crippen molar-refractivity contribution in [3.8, 4) is 5.75 Å². The van der Waals surface area contributed by atoms with E-state index < -0.39 is 0 Å². The number of ether oxygens (including phenoxy) is 1. The molecule has 2 saturated carbocycles. The fraction of sp³-hybridized carbons (Fsp3) is 0.533. The molecule has 0 radical (unpaired) electrons. The number of rotatable bonds is 8. The topological polar surface area (TPSA) is 9.23 Å². The third kappa shape index (κ3) is 5.45. The summed E-state index contributed by atoms with van der Waals surface area (Å²) in [5.74, 6) is 3.49. The highest BCUT2D eigenvalue weighted by Crippen LogP contribution is 2.45. The lowest BCUT2D eigenvalue weighted by Gasteiger charge is -2.38. The molecule has 2 aliphatic rings. The standard InChI is InChI=1S/C30H39FO/c1-3-5-6-7-22-8-10-23(11-9-22)24-12-14-25(15-13-24)26-16-18-28-27(21-26)17-19-29(30(28)31)32-20-4-2/h3-5,16-19,21-25H,2,6-15,20H2,1H3/b5-3+. The molecule has 0 saturated heterocycles. The Morgan fingerprint density at radius 3 is 2.38 bits per heavy atom. The van der Waals surface area contributed by atoms with Gasteiger partial charge in [-0.2, -0.15) is 0 Å². The second-order valence-electron chi connectivity index (χ2n) is 10.00. The molecule has 2 aromatic rings. The van der Waals surface area contributed by atoms with Crippen LogP contribution in [0.1, 0.15) is 82.6 Å². The van der Waals surface area contributed by atoms with Crippen molar-refractivity contribution in [2.75, 3.05) is 6.61 Å². The van der Waals surface area contributed by atoms with Gasteiger partial charge in [-0.3, -0.25) is 0 Å². The minimum Gasteiger partial charge on any atom is -0.486 e. The summed E-state index contributed by atoms with van der Waals surface area (Å²) in [7, 11) is 0. The number of hydrogen-bond acceptors (Lipinski definition) is 1. The van der Waals surface area contributed by atoms with Crippen LogP contribution in [-0.2, 0) is 0 Å². The first-order chi connectivity index (χ1) is 15.7. The van der Waals surface area contributed by atoms with Crippen LogP contribution in [0.2, 0.25) is 0 Å². The van der Waals surface area contributed by atoms with Crippen molar-refractivity contribution in [1.29, 1.82) is 0 Å². The Morgan fingerprint density at radius 2 is 1.69 bits per heavy atom. The molecule has 4 rings (SSSR count). The molecule has 0 atom stereocenters. The molecular weight excluding hydrogens is 395 g/mol. The predicted molar refractivity (Wildman–Crippen MR) is 134 cm³/mol. The van der Waals surface area contributed by atoms with E-state index in [9.17, 15) is 4.39 Å². The Kier molecular flexibility index (Phi) is 8.05. The molecule has 0 heterocycles. The Labute approximate surface area is 193 Å². The molecule has 0 unspecified atom stereocenters. The molecule has 0 aromatic heterocycles. The molecular formula is C30H39FO. The molecule has 0 aliphatic heterocycles. The Hall–Kier alpha value is -2.09. The van der Waals surface area contributed by atoms with E-state index >= 15 is 0 Å². The molecule has 2 aromatic carbocycles. The van der Waals surface area contributed by atoms with Gasteiger partial charge in [0, 0.05) is 5.39 Å². The summed E-state index contributed by atoms with van der Waals surface area (Å²) in [6.07, 6.45) is 19.8. The van der Waals surface area contributed by atoms with Gasteiger partial charge in [-0.05, 0) is 99.0 Å². The predicted octanol–water partition coefficient (Wildman–Crippen LogP) is 8.98. The van der Waals surface area contributed by atoms with Crippen molar-refractivity contribution in [3.63, 3.8) is 0 Å². The Bertz CT molecular complexity index is 914. The van der Waals surface area contributed by atoms with E-state index in [1.54, 1.807) is 12.1 Å². The quantitative estimate of drug-likeness (QED) is 0.377. The normalized spacial score (nSPS) is 26.4. The van der Waals surface area contributed by atoms with E-state index in [0.29, 0.717) is 23.7 Å². The van der Waals surface area contributed by atoms with Gasteiger partial charge in [-0.1, -0.05) is 61.9 Å². The summed E-state index contributed by atoms with van der Waals surface area (Å²) >= 11 is 0. The van der Waals surface area contributed by atoms with Gasteiger partial charge in [0.25, 0.3) is 0 Å². The molecule has 172 valence electrons. The van der Waals surface area contributed by atoms with Gasteiger partial charge in [0.15, 0.2) is 11.6 Å². The number of halogens is 1. The number of allylic oxidation sites excluding steroid dienone is 2. The van der Waals surface area contributed by atoms with Crippen LogP contribution >= 0.6 is 0 Å². The number of fused-ring (bicyclic) bond motifs is 1. The van der Waals surface area contributed by atoms with Gasteiger partial charge in [-0.25, -0.2) is 4.39 Å². The molecule has 32 heavy (non-hydrogen) atoms. The molecule has 2 aliphatic carbocycles. The minimum absolute atomic E-state index is 0.263. The maximum Gasteiger partial charge on any atom is 0.172 e. The van der Waals surface area contributed by atoms with Crippen LogP contribution in [0.5, 0.6) is 5.75 Å². The largest absolute Gasteiger partial charge is 0.486 e. The maximum atomic E-state index is 14.8. The van der Waals surface area contributed by atoms with Crippen molar-refractivity contribution in [2.24, 2.45) is 17.8 Å². The van der Waals surface area contributed by atoms with E-state index in [-0.39, 0.29) is 5.82 Å². The van der Waals surface area contributed by atoms with E-state index in [2.05, 4.69) is 37.8 Å². The fourth-order valence-corrected chi connectivity index (χ4v) is 6.18. The zero-order valence-corrected chi connectivity index (χ0v) is 19.7. The molecule has 0 spiro atoms. The molecule has 0 amide bonds. The molecule has 0 N–H and O–H groups in total. The zero-order valence-electron chi connectivity index (χ0n) is 19.7. The Balaban J connectivity index is 1.32. The van der Waals surface area contributed by atoms with E-state index in [1.807, 2.05) is 12.1 Å². The van der Waals surface area contributed by atoms with Crippen LogP contribution in [0.15, 0.2) is 55.1 Å². The summed E-state index contributed by atoms with van der Waals surface area (Å²) in [6.45, 7) is 6.08. The van der Waals surface area contributed by atoms with Crippen LogP contribution in [0.25, 0.3) is 10.8 Å². The average molecular weight is 435 g/mol.